The van der Waals surface area contributed by atoms with Crippen molar-refractivity contribution in [2.75, 3.05) is 0 Å². The fraction of sp³-hybridized carbons (Fsp3) is 0.0800. The second-order valence-corrected chi connectivity index (χ2v) is 8.29. The van der Waals surface area contributed by atoms with Crippen LogP contribution in [0.4, 0.5) is 0 Å². The summed E-state index contributed by atoms with van der Waals surface area (Å²) in [6, 6.07) is 26.3. The van der Waals surface area contributed by atoms with Crippen molar-refractivity contribution in [1.82, 2.24) is 19.9 Å². The Balaban J connectivity index is 1.20. The van der Waals surface area contributed by atoms with Crippen molar-refractivity contribution in [3.05, 3.63) is 107 Å². The van der Waals surface area contributed by atoms with Gasteiger partial charge in [0.2, 0.25) is 0 Å². The highest BCUT2D eigenvalue weighted by Crippen LogP contribution is 2.24. The van der Waals surface area contributed by atoms with E-state index in [0.29, 0.717) is 11.4 Å². The lowest BCUT2D eigenvalue weighted by Gasteiger charge is -2.07. The first-order valence-corrected chi connectivity index (χ1v) is 10.8. The van der Waals surface area contributed by atoms with Gasteiger partial charge in [0.1, 0.15) is 9.88 Å². The van der Waals surface area contributed by atoms with Gasteiger partial charge in [0, 0.05) is 18.7 Å². The Morgan fingerprint density at radius 3 is 2.45 bits per heavy atom. The van der Waals surface area contributed by atoms with Gasteiger partial charge in [-0.1, -0.05) is 66.7 Å². The van der Waals surface area contributed by atoms with E-state index in [1.807, 2.05) is 54.9 Å². The van der Waals surface area contributed by atoms with Crippen LogP contribution >= 0.6 is 11.3 Å². The first-order valence-electron chi connectivity index (χ1n) is 10.0. The van der Waals surface area contributed by atoms with Crippen molar-refractivity contribution in [3.8, 4) is 10.6 Å². The maximum atomic E-state index is 12.5. The topological polar surface area (TPSA) is 59.8 Å². The van der Waals surface area contributed by atoms with Crippen LogP contribution in [0.2, 0.25) is 0 Å². The quantitative estimate of drug-likeness (QED) is 0.411. The Morgan fingerprint density at radius 1 is 0.871 bits per heavy atom. The highest BCUT2D eigenvalue weighted by molar-refractivity contribution is 7.16. The molecule has 3 aromatic carbocycles. The van der Waals surface area contributed by atoms with Gasteiger partial charge in [-0.05, 0) is 23.3 Å². The zero-order valence-corrected chi connectivity index (χ0v) is 17.5. The number of aromatic nitrogens is 3. The molecule has 0 fully saturated rings. The van der Waals surface area contributed by atoms with Crippen LogP contribution in [0.25, 0.3) is 21.6 Å². The van der Waals surface area contributed by atoms with Gasteiger partial charge in [0.15, 0.2) is 0 Å². The summed E-state index contributed by atoms with van der Waals surface area (Å²) in [5.41, 5.74) is 5.39. The smallest absolute Gasteiger partial charge is 0.263 e. The number of nitrogens with zero attached hydrogens (tertiary/aromatic N) is 3. The summed E-state index contributed by atoms with van der Waals surface area (Å²) in [6.07, 6.45) is 3.51. The molecule has 0 bridgehead atoms. The molecule has 5 rings (SSSR count). The molecular weight excluding hydrogens is 404 g/mol. The number of imidazole rings is 1. The van der Waals surface area contributed by atoms with Crippen LogP contribution in [0.15, 0.2) is 91.4 Å². The number of fused-ring (bicyclic) bond motifs is 1. The maximum absolute atomic E-state index is 12.5. The minimum absolute atomic E-state index is 0.103. The van der Waals surface area contributed by atoms with E-state index < -0.39 is 0 Å². The maximum Gasteiger partial charge on any atom is 0.263 e. The van der Waals surface area contributed by atoms with E-state index in [4.69, 9.17) is 0 Å². The molecule has 0 aliphatic carbocycles. The molecule has 152 valence electrons. The predicted molar refractivity (Wildman–Crippen MR) is 124 cm³/mol. The zero-order valence-electron chi connectivity index (χ0n) is 16.7. The third-order valence-electron chi connectivity index (χ3n) is 5.11. The van der Waals surface area contributed by atoms with Gasteiger partial charge < -0.3 is 9.88 Å². The number of thiazole rings is 1. The SMILES string of the molecule is O=C(NCc1ccc(Cn2cnc3ccccc32)cc1)c1cnc(-c2ccccc2)s1. The van der Waals surface area contributed by atoms with Crippen molar-refractivity contribution in [1.29, 1.82) is 0 Å². The van der Waals surface area contributed by atoms with E-state index in [1.54, 1.807) is 6.20 Å². The molecule has 5 nitrogen and oxygen atoms in total. The van der Waals surface area contributed by atoms with Gasteiger partial charge in [-0.15, -0.1) is 11.3 Å². The normalized spacial score (nSPS) is 11.0. The fourth-order valence-corrected chi connectivity index (χ4v) is 4.30. The lowest BCUT2D eigenvalue weighted by molar-refractivity contribution is 0.0954. The van der Waals surface area contributed by atoms with Crippen LogP contribution in [0.1, 0.15) is 20.8 Å². The molecular formula is C25H20N4OS. The van der Waals surface area contributed by atoms with Gasteiger partial charge in [0.25, 0.3) is 5.91 Å². The third kappa shape index (κ3) is 4.25. The van der Waals surface area contributed by atoms with Gasteiger partial charge in [0.05, 0.1) is 23.6 Å². The van der Waals surface area contributed by atoms with Gasteiger partial charge >= 0.3 is 0 Å². The Kier molecular flexibility index (Phi) is 5.29. The van der Waals surface area contributed by atoms with Crippen molar-refractivity contribution in [2.45, 2.75) is 13.1 Å². The molecule has 31 heavy (non-hydrogen) atoms. The molecule has 0 unspecified atom stereocenters. The number of carbonyl (C=O) groups is 1. The monoisotopic (exact) mass is 424 g/mol. The molecule has 0 saturated carbocycles. The third-order valence-corrected chi connectivity index (χ3v) is 6.15. The van der Waals surface area contributed by atoms with Crippen molar-refractivity contribution < 1.29 is 4.79 Å². The molecule has 2 aromatic heterocycles. The second kappa shape index (κ2) is 8.53. The van der Waals surface area contributed by atoms with Crippen LogP contribution in [0.3, 0.4) is 0 Å². The van der Waals surface area contributed by atoms with E-state index >= 15 is 0 Å². The summed E-state index contributed by atoms with van der Waals surface area (Å²) in [5, 5.41) is 3.83. The van der Waals surface area contributed by atoms with Gasteiger partial charge in [-0.2, -0.15) is 0 Å². The number of rotatable bonds is 6. The number of nitrogens with one attached hydrogen (secondary N) is 1. The molecule has 6 heteroatoms. The highest BCUT2D eigenvalue weighted by atomic mass is 32.1. The van der Waals surface area contributed by atoms with Crippen molar-refractivity contribution >= 4 is 28.3 Å². The van der Waals surface area contributed by atoms with Crippen LogP contribution in [-0.4, -0.2) is 20.4 Å². The molecule has 1 N–H and O–H groups in total. The first-order chi connectivity index (χ1) is 15.3. The van der Waals surface area contributed by atoms with Crippen molar-refractivity contribution in [2.24, 2.45) is 0 Å². The summed E-state index contributed by atoms with van der Waals surface area (Å²) in [6.45, 7) is 1.24. The summed E-state index contributed by atoms with van der Waals surface area (Å²) in [7, 11) is 0. The molecule has 0 spiro atoms. The number of benzene rings is 3. The van der Waals surface area contributed by atoms with Gasteiger partial charge in [-0.25, -0.2) is 9.97 Å². The molecule has 0 atom stereocenters. The predicted octanol–water partition coefficient (Wildman–Crippen LogP) is 5.14. The Morgan fingerprint density at radius 2 is 1.61 bits per heavy atom. The Bertz CT molecular complexity index is 1320. The van der Waals surface area contributed by atoms with Crippen LogP contribution in [0, 0.1) is 0 Å². The summed E-state index contributed by atoms with van der Waals surface area (Å²) >= 11 is 1.40. The fourth-order valence-electron chi connectivity index (χ4n) is 3.46. The molecule has 0 aliphatic rings. The number of amides is 1. The molecule has 0 saturated heterocycles. The number of hydrogen-bond acceptors (Lipinski definition) is 4. The Labute approximate surface area is 184 Å². The molecule has 1 amide bonds. The molecule has 2 heterocycles. The van der Waals surface area contributed by atoms with Gasteiger partial charge in [-0.3, -0.25) is 4.79 Å². The summed E-state index contributed by atoms with van der Waals surface area (Å²) in [4.78, 5) is 22.0. The lowest BCUT2D eigenvalue weighted by atomic mass is 10.1. The summed E-state index contributed by atoms with van der Waals surface area (Å²) in [5.74, 6) is -0.103. The minimum Gasteiger partial charge on any atom is -0.347 e. The standard InChI is InChI=1S/C25H20N4OS/c30-24(23-15-27-25(31-23)20-6-2-1-3-7-20)26-14-18-10-12-19(13-11-18)16-29-17-28-21-8-4-5-9-22(21)29/h1-13,15,17H,14,16H2,(H,26,30). The van der Waals surface area contributed by atoms with E-state index in [-0.39, 0.29) is 5.91 Å². The highest BCUT2D eigenvalue weighted by Gasteiger charge is 2.11. The van der Waals surface area contributed by atoms with E-state index in [1.165, 1.54) is 16.9 Å². The molecule has 0 radical (unpaired) electrons. The lowest BCUT2D eigenvalue weighted by Crippen LogP contribution is -2.21. The molecule has 5 aromatic rings. The van der Waals surface area contributed by atoms with E-state index in [9.17, 15) is 4.79 Å². The number of hydrogen-bond donors (Lipinski definition) is 1. The first kappa shape index (κ1) is 19.2. The second-order valence-electron chi connectivity index (χ2n) is 7.26. The van der Waals surface area contributed by atoms with Crippen LogP contribution in [0.5, 0.6) is 0 Å². The average molecular weight is 425 g/mol. The largest absolute Gasteiger partial charge is 0.347 e. The Hall–Kier alpha value is -3.77. The van der Waals surface area contributed by atoms with Crippen LogP contribution in [-0.2, 0) is 13.1 Å². The van der Waals surface area contributed by atoms with E-state index in [0.717, 1.165) is 33.7 Å². The summed E-state index contributed by atoms with van der Waals surface area (Å²) < 4.78 is 2.14. The van der Waals surface area contributed by atoms with E-state index in [2.05, 4.69) is 50.2 Å². The minimum atomic E-state index is -0.103. The van der Waals surface area contributed by atoms with Crippen LogP contribution < -0.4 is 5.32 Å². The van der Waals surface area contributed by atoms with Crippen molar-refractivity contribution in [3.63, 3.8) is 0 Å². The number of carbonyl (C=O) groups excluding carboxylic acids is 1. The average Bonchev–Trinajstić information content (AvgIpc) is 3.47. The number of para-hydroxylation sites is 2. The zero-order chi connectivity index (χ0) is 21.0. The molecule has 0 aliphatic heterocycles.